The maximum absolute atomic E-state index is 3.71. The normalized spacial score (nSPS) is 18.6. The molecule has 2 heteroatoms. The molecule has 1 aromatic rings. The van der Waals surface area contributed by atoms with E-state index in [1.807, 2.05) is 0 Å². The zero-order valence-corrected chi connectivity index (χ0v) is 13.1. The number of benzene rings is 1. The summed E-state index contributed by atoms with van der Waals surface area (Å²) in [4.78, 5) is 0. The van der Waals surface area contributed by atoms with Crippen LogP contribution in [0.3, 0.4) is 0 Å². The summed E-state index contributed by atoms with van der Waals surface area (Å²) >= 11 is 3.67. The molecule has 1 atom stereocenters. The van der Waals surface area contributed by atoms with Crippen molar-refractivity contribution in [1.29, 1.82) is 0 Å². The fourth-order valence-corrected chi connectivity index (χ4v) is 3.05. The third kappa shape index (κ3) is 4.10. The highest BCUT2D eigenvalue weighted by Gasteiger charge is 2.28. The largest absolute Gasteiger partial charge is 0.313 e. The van der Waals surface area contributed by atoms with E-state index in [1.165, 1.54) is 35.7 Å². The summed E-state index contributed by atoms with van der Waals surface area (Å²) in [6.45, 7) is 5.85. The van der Waals surface area contributed by atoms with Crippen molar-refractivity contribution in [1.82, 2.24) is 5.32 Å². The van der Waals surface area contributed by atoms with Crippen molar-refractivity contribution in [3.8, 4) is 0 Å². The summed E-state index contributed by atoms with van der Waals surface area (Å²) in [5.41, 5.74) is 1.81. The molecule has 0 spiro atoms. The average Bonchev–Trinajstić information content (AvgIpc) is 3.14. The second-order valence-corrected chi connectivity index (χ2v) is 6.84. The Morgan fingerprint density at radius 3 is 2.67 bits per heavy atom. The lowest BCUT2D eigenvalue weighted by Gasteiger charge is -2.30. The van der Waals surface area contributed by atoms with Crippen LogP contribution in [0.4, 0.5) is 0 Å². The van der Waals surface area contributed by atoms with Crippen molar-refractivity contribution in [2.45, 2.75) is 52.0 Å². The molecule has 1 saturated carbocycles. The highest BCUT2D eigenvalue weighted by atomic mass is 79.9. The minimum Gasteiger partial charge on any atom is -0.313 e. The first kappa shape index (κ1) is 14.1. The van der Waals surface area contributed by atoms with Crippen molar-refractivity contribution in [2.75, 3.05) is 6.54 Å². The molecule has 18 heavy (non-hydrogen) atoms. The van der Waals surface area contributed by atoms with Gasteiger partial charge in [-0.15, -0.1) is 0 Å². The van der Waals surface area contributed by atoms with Gasteiger partial charge < -0.3 is 5.32 Å². The monoisotopic (exact) mass is 309 g/mol. The van der Waals surface area contributed by atoms with Gasteiger partial charge >= 0.3 is 0 Å². The van der Waals surface area contributed by atoms with Crippen molar-refractivity contribution in [2.24, 2.45) is 5.41 Å². The van der Waals surface area contributed by atoms with Crippen molar-refractivity contribution < 1.29 is 0 Å². The Hall–Kier alpha value is -0.340. The average molecular weight is 310 g/mol. The maximum Gasteiger partial charge on any atom is 0.0207 e. The zero-order valence-electron chi connectivity index (χ0n) is 11.5. The molecule has 1 aliphatic carbocycles. The number of hydrogen-bond donors (Lipinski definition) is 1. The van der Waals surface area contributed by atoms with Crippen LogP contribution in [0.15, 0.2) is 28.7 Å². The number of nitrogens with one attached hydrogen (secondary N) is 1. The molecule has 1 aliphatic rings. The van der Waals surface area contributed by atoms with E-state index in [2.05, 4.69) is 59.4 Å². The minimum absolute atomic E-state index is 0.376. The summed E-state index contributed by atoms with van der Waals surface area (Å²) in [6.07, 6.45) is 6.44. The summed E-state index contributed by atoms with van der Waals surface area (Å²) < 4.78 is 1.25. The van der Waals surface area contributed by atoms with E-state index in [0.29, 0.717) is 5.41 Å². The first-order valence-electron chi connectivity index (χ1n) is 7.10. The lowest BCUT2D eigenvalue weighted by molar-refractivity contribution is 0.274. The first-order valence-corrected chi connectivity index (χ1v) is 7.89. The molecular formula is C16H24BrN. The molecular weight excluding hydrogens is 286 g/mol. The van der Waals surface area contributed by atoms with Crippen LogP contribution in [-0.2, 0) is 6.42 Å². The quantitative estimate of drug-likeness (QED) is 0.779. The van der Waals surface area contributed by atoms with Gasteiger partial charge in [0.15, 0.2) is 0 Å². The summed E-state index contributed by atoms with van der Waals surface area (Å²) in [5.74, 6) is 0. The smallest absolute Gasteiger partial charge is 0.0207 e. The number of rotatable bonds is 7. The fourth-order valence-electron chi connectivity index (χ4n) is 2.62. The predicted octanol–water partition coefficient (Wildman–Crippen LogP) is 4.55. The lowest BCUT2D eigenvalue weighted by atomic mass is 9.79. The first-order chi connectivity index (χ1) is 8.63. The molecule has 1 N–H and O–H groups in total. The molecule has 0 aliphatic heterocycles. The van der Waals surface area contributed by atoms with E-state index < -0.39 is 0 Å². The van der Waals surface area contributed by atoms with E-state index in [1.54, 1.807) is 0 Å². The van der Waals surface area contributed by atoms with Crippen LogP contribution < -0.4 is 5.32 Å². The second-order valence-electron chi connectivity index (χ2n) is 5.98. The molecule has 2 rings (SSSR count). The Morgan fingerprint density at radius 2 is 2.06 bits per heavy atom. The van der Waals surface area contributed by atoms with Crippen molar-refractivity contribution in [3.63, 3.8) is 0 Å². The molecule has 1 aromatic carbocycles. The molecule has 1 fully saturated rings. The molecule has 0 amide bonds. The Kier molecular flexibility index (Phi) is 4.85. The van der Waals surface area contributed by atoms with Gasteiger partial charge in [0.05, 0.1) is 0 Å². The summed E-state index contributed by atoms with van der Waals surface area (Å²) in [5, 5.41) is 3.71. The summed E-state index contributed by atoms with van der Waals surface area (Å²) in [7, 11) is 0. The van der Waals surface area contributed by atoms with Crippen molar-refractivity contribution in [3.05, 3.63) is 34.3 Å². The zero-order chi connectivity index (χ0) is 13.0. The standard InChI is InChI=1S/C16H24BrN/c1-3-10-16(2,12-18-14-8-9-14)11-13-6-4-5-7-15(13)17/h4-7,14,18H,3,8-12H2,1-2H3. The Bertz CT molecular complexity index is 386. The van der Waals surface area contributed by atoms with Gasteiger partial charge in [-0.2, -0.15) is 0 Å². The van der Waals surface area contributed by atoms with E-state index in [4.69, 9.17) is 0 Å². The second kappa shape index (κ2) is 6.21. The predicted molar refractivity (Wildman–Crippen MR) is 81.9 cm³/mol. The maximum atomic E-state index is 3.71. The molecule has 0 bridgehead atoms. The topological polar surface area (TPSA) is 12.0 Å². The minimum atomic E-state index is 0.376. The molecule has 1 unspecified atom stereocenters. The molecule has 0 heterocycles. The van der Waals surface area contributed by atoms with Crippen LogP contribution in [0.1, 0.15) is 45.1 Å². The molecule has 0 aromatic heterocycles. The van der Waals surface area contributed by atoms with Crippen LogP contribution in [0, 0.1) is 5.41 Å². The van der Waals surface area contributed by atoms with Crippen LogP contribution in [0.5, 0.6) is 0 Å². The molecule has 0 saturated heterocycles. The van der Waals surface area contributed by atoms with Gasteiger partial charge in [-0.1, -0.05) is 54.4 Å². The van der Waals surface area contributed by atoms with Crippen LogP contribution >= 0.6 is 15.9 Å². The van der Waals surface area contributed by atoms with Gasteiger partial charge in [-0.25, -0.2) is 0 Å². The van der Waals surface area contributed by atoms with E-state index in [0.717, 1.165) is 19.0 Å². The van der Waals surface area contributed by atoms with Gasteiger partial charge in [0.2, 0.25) is 0 Å². The van der Waals surface area contributed by atoms with Gasteiger partial charge in [-0.3, -0.25) is 0 Å². The Balaban J connectivity index is 2.01. The third-order valence-corrected chi connectivity index (χ3v) is 4.60. The number of halogens is 1. The van der Waals surface area contributed by atoms with Gasteiger partial charge in [0.25, 0.3) is 0 Å². The third-order valence-electron chi connectivity index (χ3n) is 3.82. The molecule has 0 radical (unpaired) electrons. The number of hydrogen-bond acceptors (Lipinski definition) is 1. The van der Waals surface area contributed by atoms with E-state index in [-0.39, 0.29) is 0 Å². The van der Waals surface area contributed by atoms with Crippen LogP contribution in [0.2, 0.25) is 0 Å². The summed E-state index contributed by atoms with van der Waals surface area (Å²) in [6, 6.07) is 9.43. The van der Waals surface area contributed by atoms with Crippen LogP contribution in [0.25, 0.3) is 0 Å². The lowest BCUT2D eigenvalue weighted by Crippen LogP contribution is -2.35. The van der Waals surface area contributed by atoms with Gasteiger partial charge in [0, 0.05) is 17.1 Å². The van der Waals surface area contributed by atoms with Crippen LogP contribution in [-0.4, -0.2) is 12.6 Å². The molecule has 100 valence electrons. The Labute approximate surface area is 119 Å². The van der Waals surface area contributed by atoms with Gasteiger partial charge in [0.1, 0.15) is 0 Å². The SMILES string of the molecule is CCCC(C)(CNC1CC1)Cc1ccccc1Br. The van der Waals surface area contributed by atoms with Gasteiger partial charge in [-0.05, 0) is 42.7 Å². The molecule has 1 nitrogen and oxygen atoms in total. The van der Waals surface area contributed by atoms with Crippen molar-refractivity contribution >= 4 is 15.9 Å². The Morgan fingerprint density at radius 1 is 1.33 bits per heavy atom. The van der Waals surface area contributed by atoms with E-state index in [9.17, 15) is 0 Å². The highest BCUT2D eigenvalue weighted by molar-refractivity contribution is 9.10. The van der Waals surface area contributed by atoms with E-state index >= 15 is 0 Å². The fraction of sp³-hybridized carbons (Fsp3) is 0.625. The highest BCUT2D eigenvalue weighted by Crippen LogP contribution is 2.32.